The Kier molecular flexibility index (Phi) is 10.1. The summed E-state index contributed by atoms with van der Waals surface area (Å²) in [4.78, 5) is 31.9. The van der Waals surface area contributed by atoms with E-state index in [-0.39, 0.29) is 41.6 Å². The van der Waals surface area contributed by atoms with Crippen molar-refractivity contribution in [2.75, 3.05) is 13.1 Å². The van der Waals surface area contributed by atoms with Crippen LogP contribution in [-0.2, 0) is 26.1 Å². The second-order valence-corrected chi connectivity index (χ2v) is 15.7. The summed E-state index contributed by atoms with van der Waals surface area (Å²) < 4.78 is 66.3. The van der Waals surface area contributed by atoms with Crippen LogP contribution in [0.2, 0.25) is 0 Å². The smallest absolute Gasteiger partial charge is 0.299 e. The van der Waals surface area contributed by atoms with Crippen LogP contribution in [0.25, 0.3) is 11.1 Å². The summed E-state index contributed by atoms with van der Waals surface area (Å²) in [6.07, 6.45) is 6.11. The van der Waals surface area contributed by atoms with Crippen molar-refractivity contribution >= 4 is 56.9 Å². The molecular weight excluding hydrogens is 831 g/mol. The van der Waals surface area contributed by atoms with Crippen LogP contribution in [0.5, 0.6) is 0 Å². The largest absolute Gasteiger partial charge is 0.416 e. The van der Waals surface area contributed by atoms with E-state index in [0.29, 0.717) is 18.5 Å². The molecule has 1 aliphatic carbocycles. The van der Waals surface area contributed by atoms with Crippen molar-refractivity contribution in [2.45, 2.75) is 74.9 Å². The van der Waals surface area contributed by atoms with Gasteiger partial charge in [-0.2, -0.15) is 22.0 Å². The van der Waals surface area contributed by atoms with Gasteiger partial charge in [0.1, 0.15) is 17.4 Å². The molecule has 2 fully saturated rings. The van der Waals surface area contributed by atoms with Gasteiger partial charge in [0.2, 0.25) is 5.91 Å². The molecular formula is C34H36F5I2N3O2. The SMILES string of the molecule is CC1(C)C(C(=O)CCCc2ccc(C(F)(F)F)cc2-c2ccc(C(F)(F)I)nc2)C(=O)N(CC2C=CC(I)=CC2)N2CCC[C@@]21C. The van der Waals surface area contributed by atoms with Crippen LogP contribution >= 0.6 is 45.2 Å². The van der Waals surface area contributed by atoms with Gasteiger partial charge in [0.15, 0.2) is 0 Å². The van der Waals surface area contributed by atoms with Gasteiger partial charge < -0.3 is 0 Å². The maximum absolute atomic E-state index is 14.2. The number of aryl methyl sites for hydroxylation is 1. The number of fused-ring (bicyclic) bond motifs is 1. The van der Waals surface area contributed by atoms with Gasteiger partial charge in [-0.1, -0.05) is 44.2 Å². The highest BCUT2D eigenvalue weighted by Crippen LogP contribution is 2.53. The van der Waals surface area contributed by atoms with E-state index in [9.17, 15) is 31.5 Å². The standard InChI is InChI=1S/C34H36F5I2N3O2/c1-31(2)29(30(46)43(44-17-5-16-32(31,44)3)20-21-8-13-25(40)14-9-21)27(45)7-4-6-22-10-12-24(33(35,36)37)18-26(22)23-11-15-28(42-19-23)34(38,39)41/h8,10-15,18-19,21,29H,4-7,9,16-17,20H2,1-3H3/t21?,29?,32-/m1/s1. The second kappa shape index (κ2) is 13.2. The van der Waals surface area contributed by atoms with Crippen molar-refractivity contribution in [1.29, 1.82) is 0 Å². The Morgan fingerprint density at radius 3 is 2.46 bits per heavy atom. The van der Waals surface area contributed by atoms with Crippen LogP contribution in [0, 0.1) is 17.3 Å². The number of halogens is 7. The van der Waals surface area contributed by atoms with Crippen molar-refractivity contribution < 1.29 is 31.5 Å². The van der Waals surface area contributed by atoms with Gasteiger partial charge in [-0.05, 0) is 96.9 Å². The number of pyridine rings is 1. The first-order valence-electron chi connectivity index (χ1n) is 15.3. The normalized spacial score (nSPS) is 25.0. The van der Waals surface area contributed by atoms with E-state index >= 15 is 0 Å². The van der Waals surface area contributed by atoms with Crippen molar-refractivity contribution in [1.82, 2.24) is 15.0 Å². The second-order valence-electron chi connectivity index (χ2n) is 13.1. The van der Waals surface area contributed by atoms with Gasteiger partial charge in [-0.3, -0.25) is 19.6 Å². The summed E-state index contributed by atoms with van der Waals surface area (Å²) in [7, 11) is 0. The molecule has 5 nitrogen and oxygen atoms in total. The predicted molar refractivity (Wildman–Crippen MR) is 183 cm³/mol. The molecule has 0 saturated carbocycles. The molecule has 0 spiro atoms. The molecule has 1 aromatic heterocycles. The van der Waals surface area contributed by atoms with E-state index in [1.54, 1.807) is 0 Å². The quantitative estimate of drug-likeness (QED) is 0.109. The third kappa shape index (κ3) is 6.94. The van der Waals surface area contributed by atoms with E-state index < -0.39 is 38.2 Å². The highest BCUT2D eigenvalue weighted by molar-refractivity contribution is 14.1. The van der Waals surface area contributed by atoms with Gasteiger partial charge >= 0.3 is 10.1 Å². The molecule has 248 valence electrons. The monoisotopic (exact) mass is 867 g/mol. The van der Waals surface area contributed by atoms with Crippen LogP contribution in [0.15, 0.2) is 58.3 Å². The molecule has 3 heterocycles. The van der Waals surface area contributed by atoms with Crippen LogP contribution in [0.4, 0.5) is 22.0 Å². The van der Waals surface area contributed by atoms with Crippen LogP contribution in [0.1, 0.15) is 69.7 Å². The minimum Gasteiger partial charge on any atom is -0.299 e. The minimum atomic E-state index is -4.60. The van der Waals surface area contributed by atoms with Crippen LogP contribution in [0.3, 0.4) is 0 Å². The summed E-state index contributed by atoms with van der Waals surface area (Å²) in [6, 6.07) is 5.78. The topological polar surface area (TPSA) is 53.5 Å². The first-order valence-corrected chi connectivity index (χ1v) is 17.5. The Labute approximate surface area is 293 Å². The zero-order valence-corrected chi connectivity index (χ0v) is 30.1. The highest BCUT2D eigenvalue weighted by Gasteiger charge is 2.62. The van der Waals surface area contributed by atoms with Gasteiger partial charge in [0, 0.05) is 68.4 Å². The Morgan fingerprint density at radius 1 is 1.11 bits per heavy atom. The maximum Gasteiger partial charge on any atom is 0.416 e. The van der Waals surface area contributed by atoms with Gasteiger partial charge in [0.05, 0.1) is 5.56 Å². The maximum atomic E-state index is 14.2. The number of hydrogen-bond donors (Lipinski definition) is 0. The fourth-order valence-electron chi connectivity index (χ4n) is 7.16. The number of carbonyl (C=O) groups excluding carboxylic acids is 2. The number of amides is 1. The van der Waals surface area contributed by atoms with Crippen LogP contribution < -0.4 is 0 Å². The summed E-state index contributed by atoms with van der Waals surface area (Å²) in [5.74, 6) is -1.08. The number of nitrogens with zero attached hydrogens (tertiary/aromatic N) is 3. The molecule has 2 unspecified atom stereocenters. The predicted octanol–water partition coefficient (Wildman–Crippen LogP) is 9.29. The van der Waals surface area contributed by atoms with Gasteiger partial charge in [-0.15, -0.1) is 0 Å². The molecule has 1 aromatic carbocycles. The molecule has 1 amide bonds. The molecule has 0 radical (unpaired) electrons. The van der Waals surface area contributed by atoms with E-state index in [1.165, 1.54) is 12.1 Å². The number of carbonyl (C=O) groups is 2. The summed E-state index contributed by atoms with van der Waals surface area (Å²) >= 11 is 3.22. The first kappa shape index (κ1) is 35.4. The average molecular weight is 867 g/mol. The number of alkyl halides is 6. The number of hydrazine groups is 1. The van der Waals surface area contributed by atoms with E-state index in [2.05, 4.69) is 57.7 Å². The Morgan fingerprint density at radius 2 is 1.85 bits per heavy atom. The van der Waals surface area contributed by atoms with Crippen molar-refractivity contribution in [3.63, 3.8) is 0 Å². The highest BCUT2D eigenvalue weighted by atomic mass is 127. The molecule has 12 heteroatoms. The summed E-state index contributed by atoms with van der Waals surface area (Å²) in [5.41, 5.74) is -1.37. The number of hydrogen-bond acceptors (Lipinski definition) is 4. The third-order valence-electron chi connectivity index (χ3n) is 10.0. The summed E-state index contributed by atoms with van der Waals surface area (Å²) in [6.45, 7) is 7.38. The number of rotatable bonds is 9. The van der Waals surface area contributed by atoms with Crippen molar-refractivity contribution in [3.05, 3.63) is 75.2 Å². The van der Waals surface area contributed by atoms with Gasteiger partial charge in [-0.25, -0.2) is 5.01 Å². The zero-order valence-electron chi connectivity index (χ0n) is 25.8. The number of benzene rings is 1. The average Bonchev–Trinajstić information content (AvgIpc) is 3.39. The fourth-order valence-corrected chi connectivity index (χ4v) is 7.94. The minimum absolute atomic E-state index is 0.0761. The fraction of sp³-hybridized carbons (Fsp3) is 0.500. The van der Waals surface area contributed by atoms with Crippen molar-refractivity contribution in [2.24, 2.45) is 17.3 Å². The molecule has 3 atom stereocenters. The lowest BCUT2D eigenvalue weighted by Crippen LogP contribution is -2.71. The first-order chi connectivity index (χ1) is 21.4. The van der Waals surface area contributed by atoms with Crippen LogP contribution in [-0.4, -0.2) is 45.3 Å². The molecule has 3 aliphatic rings. The molecule has 0 bridgehead atoms. The lowest BCUT2D eigenvalue weighted by Gasteiger charge is -2.59. The number of aromatic nitrogens is 1. The Balaban J connectivity index is 1.36. The van der Waals surface area contributed by atoms with Gasteiger partial charge in [0.25, 0.3) is 0 Å². The Bertz CT molecular complexity index is 1550. The molecule has 0 N–H and O–H groups in total. The lowest BCUT2D eigenvalue weighted by atomic mass is 9.61. The third-order valence-corrected chi connectivity index (χ3v) is 11.4. The molecule has 2 aromatic rings. The zero-order chi connectivity index (χ0) is 33.7. The van der Waals surface area contributed by atoms with Crippen molar-refractivity contribution in [3.8, 4) is 11.1 Å². The number of ketones is 1. The number of Topliss-reactive ketones (excluding diaryl/α,β-unsaturated/α-hetero) is 1. The molecule has 5 rings (SSSR count). The molecule has 2 saturated heterocycles. The number of allylic oxidation sites excluding steroid dienone is 3. The lowest BCUT2D eigenvalue weighted by molar-refractivity contribution is -0.206. The molecule has 2 aliphatic heterocycles. The summed E-state index contributed by atoms with van der Waals surface area (Å²) in [5, 5.41) is 3.99. The van der Waals surface area contributed by atoms with E-state index in [4.69, 9.17) is 0 Å². The molecule has 46 heavy (non-hydrogen) atoms. The van der Waals surface area contributed by atoms with E-state index in [0.717, 1.165) is 76.4 Å². The van der Waals surface area contributed by atoms with E-state index in [1.807, 2.05) is 18.9 Å². The Hall–Kier alpha value is -1.94.